The molecule has 2 heterocycles. The zero-order valence-electron chi connectivity index (χ0n) is 17.7. The van der Waals surface area contributed by atoms with Gasteiger partial charge in [-0.05, 0) is 54.7 Å². The molecule has 0 spiro atoms. The summed E-state index contributed by atoms with van der Waals surface area (Å²) in [6.07, 6.45) is 1.43. The Bertz CT molecular complexity index is 1260. The highest BCUT2D eigenvalue weighted by molar-refractivity contribution is 6.35. The first-order valence-corrected chi connectivity index (χ1v) is 10.6. The molecule has 2 atom stereocenters. The van der Waals surface area contributed by atoms with Crippen LogP contribution in [0.1, 0.15) is 39.5 Å². The monoisotopic (exact) mass is 459 g/mol. The van der Waals surface area contributed by atoms with Gasteiger partial charge in [-0.25, -0.2) is 9.37 Å². The summed E-state index contributed by atoms with van der Waals surface area (Å²) in [4.78, 5) is 29.4. The highest BCUT2D eigenvalue weighted by Gasteiger charge is 2.27. The molecule has 9 heteroatoms. The molecule has 7 nitrogen and oxygen atoms in total. The second kappa shape index (κ2) is 8.97. The fourth-order valence-electron chi connectivity index (χ4n) is 4.05. The van der Waals surface area contributed by atoms with Crippen LogP contribution < -0.4 is 10.9 Å². The van der Waals surface area contributed by atoms with Crippen LogP contribution in [0.25, 0.3) is 10.9 Å². The zero-order valence-corrected chi connectivity index (χ0v) is 18.4. The van der Waals surface area contributed by atoms with Crippen molar-refractivity contribution in [1.82, 2.24) is 14.9 Å². The third-order valence-electron chi connectivity index (χ3n) is 5.92. The number of fused-ring (bicyclic) bond motifs is 1. The maximum atomic E-state index is 14.4. The lowest BCUT2D eigenvalue weighted by Crippen LogP contribution is -2.39. The van der Waals surface area contributed by atoms with E-state index in [1.54, 1.807) is 12.1 Å². The fraction of sp³-hybridized carbons (Fsp3) is 0.348. The number of aliphatic hydroxyl groups excluding tert-OH is 1. The number of benzene rings is 2. The van der Waals surface area contributed by atoms with Crippen LogP contribution in [0.4, 0.5) is 4.39 Å². The third kappa shape index (κ3) is 4.01. The molecule has 32 heavy (non-hydrogen) atoms. The Hall–Kier alpha value is -2.81. The molecule has 1 amide bonds. The standard InChI is InChI=1S/C23H23ClFN3O4/c1-12-14(7-13-3-4-15(17(25)8-13)22(30)26-2)9-16-21(20(12)24)27-11-28(23(16)31)18-5-6-32-10-19(18)29/h3-4,8-9,11,18-19,29H,5-7,10H2,1-2H3,(H,26,30)/t18-,19-/m0/s1. The lowest BCUT2D eigenvalue weighted by atomic mass is 9.97. The van der Waals surface area contributed by atoms with Gasteiger partial charge < -0.3 is 15.2 Å². The van der Waals surface area contributed by atoms with Gasteiger partial charge in [0, 0.05) is 13.7 Å². The number of nitrogens with one attached hydrogen (secondary N) is 1. The second-order valence-corrected chi connectivity index (χ2v) is 8.27. The number of ether oxygens (including phenoxy) is 1. The predicted octanol–water partition coefficient (Wildman–Crippen LogP) is 2.77. The van der Waals surface area contributed by atoms with Crippen molar-refractivity contribution < 1.29 is 19.0 Å². The topological polar surface area (TPSA) is 93.5 Å². The molecule has 1 aromatic heterocycles. The molecule has 1 saturated heterocycles. The van der Waals surface area contributed by atoms with E-state index in [9.17, 15) is 19.1 Å². The Morgan fingerprint density at radius 2 is 2.19 bits per heavy atom. The highest BCUT2D eigenvalue weighted by Crippen LogP contribution is 2.29. The van der Waals surface area contributed by atoms with E-state index in [2.05, 4.69) is 10.3 Å². The Morgan fingerprint density at radius 3 is 2.88 bits per heavy atom. The summed E-state index contributed by atoms with van der Waals surface area (Å²) in [5.74, 6) is -1.12. The van der Waals surface area contributed by atoms with E-state index in [-0.39, 0.29) is 17.7 Å². The molecule has 0 aliphatic carbocycles. The summed E-state index contributed by atoms with van der Waals surface area (Å²) >= 11 is 6.55. The summed E-state index contributed by atoms with van der Waals surface area (Å²) in [5.41, 5.74) is 2.18. The zero-order chi connectivity index (χ0) is 23.0. The van der Waals surface area contributed by atoms with Crippen LogP contribution in [0.3, 0.4) is 0 Å². The van der Waals surface area contributed by atoms with Gasteiger partial charge >= 0.3 is 0 Å². The summed E-state index contributed by atoms with van der Waals surface area (Å²) < 4.78 is 21.1. The van der Waals surface area contributed by atoms with Crippen molar-refractivity contribution in [1.29, 1.82) is 0 Å². The first-order chi connectivity index (χ1) is 15.3. The number of hydrogen-bond acceptors (Lipinski definition) is 5. The van der Waals surface area contributed by atoms with E-state index in [1.807, 2.05) is 6.92 Å². The molecule has 2 aromatic carbocycles. The number of carbonyl (C=O) groups is 1. The summed E-state index contributed by atoms with van der Waals surface area (Å²) in [6, 6.07) is 5.71. The molecule has 1 fully saturated rings. The number of halogens is 2. The van der Waals surface area contributed by atoms with Crippen molar-refractivity contribution in [3.8, 4) is 0 Å². The van der Waals surface area contributed by atoms with E-state index in [1.165, 1.54) is 30.1 Å². The van der Waals surface area contributed by atoms with Gasteiger partial charge in [0.15, 0.2) is 0 Å². The molecule has 1 aliphatic heterocycles. The van der Waals surface area contributed by atoms with E-state index in [0.29, 0.717) is 40.9 Å². The van der Waals surface area contributed by atoms with Gasteiger partial charge in [0.1, 0.15) is 5.82 Å². The molecular weight excluding hydrogens is 437 g/mol. The number of carbonyl (C=O) groups excluding carboxylic acids is 1. The second-order valence-electron chi connectivity index (χ2n) is 7.90. The van der Waals surface area contributed by atoms with Crippen LogP contribution in [-0.2, 0) is 11.2 Å². The molecule has 3 aromatic rings. The molecule has 0 unspecified atom stereocenters. The van der Waals surface area contributed by atoms with Gasteiger partial charge in [0.2, 0.25) is 0 Å². The van der Waals surface area contributed by atoms with Gasteiger partial charge in [0.25, 0.3) is 11.5 Å². The summed E-state index contributed by atoms with van der Waals surface area (Å²) in [6.45, 7) is 2.43. The molecule has 2 N–H and O–H groups in total. The van der Waals surface area contributed by atoms with Crippen molar-refractivity contribution >= 4 is 28.4 Å². The average Bonchev–Trinajstić information content (AvgIpc) is 2.78. The van der Waals surface area contributed by atoms with Crippen molar-refractivity contribution in [2.24, 2.45) is 0 Å². The van der Waals surface area contributed by atoms with E-state index in [0.717, 1.165) is 11.1 Å². The average molecular weight is 460 g/mol. The minimum Gasteiger partial charge on any atom is -0.389 e. The number of aromatic nitrogens is 2. The fourth-order valence-corrected chi connectivity index (χ4v) is 4.32. The van der Waals surface area contributed by atoms with Gasteiger partial charge in [-0.3, -0.25) is 14.2 Å². The van der Waals surface area contributed by atoms with Crippen molar-refractivity contribution in [2.75, 3.05) is 20.3 Å². The van der Waals surface area contributed by atoms with Crippen molar-refractivity contribution in [3.05, 3.63) is 74.0 Å². The van der Waals surface area contributed by atoms with E-state index in [4.69, 9.17) is 16.3 Å². The largest absolute Gasteiger partial charge is 0.389 e. The van der Waals surface area contributed by atoms with Crippen molar-refractivity contribution in [2.45, 2.75) is 31.9 Å². The summed E-state index contributed by atoms with van der Waals surface area (Å²) in [7, 11) is 1.44. The minimum atomic E-state index is -0.803. The SMILES string of the molecule is CNC(=O)c1ccc(Cc2cc3c(=O)n([C@H]4CCOC[C@@H]4O)cnc3c(Cl)c2C)cc1F. The molecule has 4 rings (SSSR count). The van der Waals surface area contributed by atoms with Crippen LogP contribution in [0.15, 0.2) is 35.4 Å². The summed E-state index contributed by atoms with van der Waals surface area (Å²) in [5, 5.41) is 13.4. The van der Waals surface area contributed by atoms with Crippen LogP contribution in [0.5, 0.6) is 0 Å². The van der Waals surface area contributed by atoms with E-state index < -0.39 is 23.9 Å². The maximum Gasteiger partial charge on any atom is 0.261 e. The van der Waals surface area contributed by atoms with Crippen LogP contribution in [0.2, 0.25) is 5.02 Å². The van der Waals surface area contributed by atoms with Crippen LogP contribution >= 0.6 is 11.6 Å². The minimum absolute atomic E-state index is 0.0355. The quantitative estimate of drug-likeness (QED) is 0.625. The van der Waals surface area contributed by atoms with Crippen LogP contribution in [0, 0.1) is 12.7 Å². The smallest absolute Gasteiger partial charge is 0.261 e. The van der Waals surface area contributed by atoms with Gasteiger partial charge in [-0.1, -0.05) is 17.7 Å². The molecule has 0 radical (unpaired) electrons. The van der Waals surface area contributed by atoms with Gasteiger partial charge in [-0.2, -0.15) is 0 Å². The molecule has 1 aliphatic rings. The Labute approximate surface area is 188 Å². The lowest BCUT2D eigenvalue weighted by Gasteiger charge is -2.29. The molecule has 0 bridgehead atoms. The molecule has 168 valence electrons. The first kappa shape index (κ1) is 22.4. The van der Waals surface area contributed by atoms with Crippen LogP contribution in [-0.4, -0.2) is 46.9 Å². The number of hydrogen-bond donors (Lipinski definition) is 2. The molecule has 0 saturated carbocycles. The number of nitrogens with zero attached hydrogens (tertiary/aromatic N) is 2. The number of aliphatic hydroxyl groups is 1. The predicted molar refractivity (Wildman–Crippen MR) is 119 cm³/mol. The first-order valence-electron chi connectivity index (χ1n) is 10.3. The van der Waals surface area contributed by atoms with Crippen molar-refractivity contribution in [3.63, 3.8) is 0 Å². The lowest BCUT2D eigenvalue weighted by molar-refractivity contribution is -0.0395. The van der Waals surface area contributed by atoms with E-state index >= 15 is 0 Å². The number of rotatable bonds is 4. The number of amides is 1. The maximum absolute atomic E-state index is 14.4. The van der Waals surface area contributed by atoms with Gasteiger partial charge in [-0.15, -0.1) is 0 Å². The van der Waals surface area contributed by atoms with Gasteiger partial charge in [0.05, 0.1) is 46.6 Å². The highest BCUT2D eigenvalue weighted by atomic mass is 35.5. The Kier molecular flexibility index (Phi) is 6.28. The Balaban J connectivity index is 1.76. The Morgan fingerprint density at radius 1 is 1.41 bits per heavy atom. The normalized spacial score (nSPS) is 18.7. The molecular formula is C23H23ClFN3O4. The third-order valence-corrected chi connectivity index (χ3v) is 6.38.